The maximum Gasteiger partial charge on any atom is 0.244 e. The summed E-state index contributed by atoms with van der Waals surface area (Å²) in [5.41, 5.74) is 10.2. The Morgan fingerprint density at radius 2 is 1.82 bits per heavy atom. The molecule has 1 aliphatic heterocycles. The monoisotopic (exact) mass is 512 g/mol. The van der Waals surface area contributed by atoms with Crippen LogP contribution in [-0.4, -0.2) is 23.9 Å². The van der Waals surface area contributed by atoms with Crippen LogP contribution in [0, 0.1) is 17.1 Å². The van der Waals surface area contributed by atoms with Crippen molar-refractivity contribution in [2.24, 2.45) is 5.73 Å². The summed E-state index contributed by atoms with van der Waals surface area (Å²) in [5, 5.41) is 17.4. The van der Waals surface area contributed by atoms with Crippen molar-refractivity contribution >= 4 is 0 Å². The Labute approximate surface area is 219 Å². The summed E-state index contributed by atoms with van der Waals surface area (Å²) in [6, 6.07) is 21.3. The number of halogens is 1. The van der Waals surface area contributed by atoms with Crippen LogP contribution in [0.4, 0.5) is 4.39 Å². The van der Waals surface area contributed by atoms with Crippen molar-refractivity contribution < 1.29 is 23.3 Å². The third-order valence-electron chi connectivity index (χ3n) is 6.22. The molecule has 3 aromatic carbocycles. The Hall–Kier alpha value is -4.97. The van der Waals surface area contributed by atoms with Crippen LogP contribution in [0.5, 0.6) is 23.1 Å². The lowest BCUT2D eigenvalue weighted by Gasteiger charge is -2.25. The lowest BCUT2D eigenvalue weighted by Crippen LogP contribution is -2.21. The van der Waals surface area contributed by atoms with Gasteiger partial charge < -0.3 is 24.7 Å². The van der Waals surface area contributed by atoms with Crippen molar-refractivity contribution in [1.29, 1.82) is 5.26 Å². The molecule has 1 aliphatic rings. The van der Waals surface area contributed by atoms with E-state index < -0.39 is 5.92 Å². The summed E-state index contributed by atoms with van der Waals surface area (Å²) < 4.78 is 36.1. The molecular formula is C29H25FN4O4. The number of hydrogen-bond donors (Lipinski definition) is 2. The highest BCUT2D eigenvalue weighted by molar-refractivity contribution is 5.71. The van der Waals surface area contributed by atoms with Gasteiger partial charge in [-0.25, -0.2) is 4.39 Å². The van der Waals surface area contributed by atoms with E-state index in [-0.39, 0.29) is 23.9 Å². The summed E-state index contributed by atoms with van der Waals surface area (Å²) in [6.45, 7) is 2.72. The molecule has 38 heavy (non-hydrogen) atoms. The molecule has 0 amide bonds. The average molecular weight is 513 g/mol. The second-order valence-electron chi connectivity index (χ2n) is 8.53. The van der Waals surface area contributed by atoms with Gasteiger partial charge in [0, 0.05) is 5.56 Å². The quantitative estimate of drug-likeness (QED) is 0.324. The van der Waals surface area contributed by atoms with Crippen LogP contribution in [0.15, 0.2) is 78.2 Å². The molecule has 0 saturated carbocycles. The Kier molecular flexibility index (Phi) is 6.87. The van der Waals surface area contributed by atoms with E-state index >= 15 is 0 Å². The summed E-state index contributed by atoms with van der Waals surface area (Å²) in [6.07, 6.45) is 0. The molecule has 2 heterocycles. The topological polar surface area (TPSA) is 115 Å². The standard InChI is InChI=1S/C29H25FN4O4/c1-3-36-21-11-6-18(7-12-21)27-26-25(22(15-31)28(32)38-29(26)34-33-27)19-8-13-23(24(14-19)35-2)37-16-17-4-9-20(30)10-5-17/h4-14,25H,3,16,32H2,1-2H3,(H,33,34)/t25-/m1/s1. The molecule has 0 unspecified atom stereocenters. The molecule has 0 aliphatic carbocycles. The second kappa shape index (κ2) is 10.6. The van der Waals surface area contributed by atoms with Gasteiger partial charge in [0.2, 0.25) is 11.8 Å². The first kappa shape index (κ1) is 24.7. The first-order valence-corrected chi connectivity index (χ1v) is 12.0. The van der Waals surface area contributed by atoms with E-state index in [0.29, 0.717) is 35.2 Å². The van der Waals surface area contributed by atoms with Gasteiger partial charge in [-0.1, -0.05) is 18.2 Å². The van der Waals surface area contributed by atoms with Gasteiger partial charge >= 0.3 is 0 Å². The molecule has 8 nitrogen and oxygen atoms in total. The average Bonchev–Trinajstić information content (AvgIpc) is 3.35. The Balaban J connectivity index is 1.52. The van der Waals surface area contributed by atoms with Crippen molar-refractivity contribution in [3.05, 3.63) is 101 Å². The number of methoxy groups -OCH3 is 1. The fraction of sp³-hybridized carbons (Fsp3) is 0.172. The number of allylic oxidation sites excluding steroid dienone is 1. The minimum Gasteiger partial charge on any atom is -0.494 e. The van der Waals surface area contributed by atoms with E-state index in [2.05, 4.69) is 16.3 Å². The molecule has 3 N–H and O–H groups in total. The van der Waals surface area contributed by atoms with Crippen LogP contribution in [0.3, 0.4) is 0 Å². The van der Waals surface area contributed by atoms with Crippen molar-refractivity contribution in [2.75, 3.05) is 13.7 Å². The third kappa shape index (κ3) is 4.72. The van der Waals surface area contributed by atoms with Crippen molar-refractivity contribution in [1.82, 2.24) is 10.2 Å². The first-order valence-electron chi connectivity index (χ1n) is 12.0. The van der Waals surface area contributed by atoms with Gasteiger partial charge in [0.05, 0.1) is 30.9 Å². The number of benzene rings is 3. The highest BCUT2D eigenvalue weighted by Crippen LogP contribution is 2.47. The van der Waals surface area contributed by atoms with Crippen molar-refractivity contribution in [3.63, 3.8) is 0 Å². The van der Waals surface area contributed by atoms with E-state index in [0.717, 1.165) is 22.4 Å². The van der Waals surface area contributed by atoms with Gasteiger partial charge in [-0.3, -0.25) is 5.10 Å². The van der Waals surface area contributed by atoms with Crippen LogP contribution < -0.4 is 24.7 Å². The Morgan fingerprint density at radius 3 is 2.50 bits per heavy atom. The number of aromatic amines is 1. The molecule has 0 bridgehead atoms. The van der Waals surface area contributed by atoms with Crippen LogP contribution >= 0.6 is 0 Å². The number of H-pyrrole nitrogens is 1. The third-order valence-corrected chi connectivity index (χ3v) is 6.22. The molecule has 0 saturated heterocycles. The Bertz CT molecular complexity index is 1520. The first-order chi connectivity index (χ1) is 18.5. The highest BCUT2D eigenvalue weighted by Gasteiger charge is 2.36. The van der Waals surface area contributed by atoms with Crippen molar-refractivity contribution in [2.45, 2.75) is 19.4 Å². The van der Waals surface area contributed by atoms with Gasteiger partial charge in [0.15, 0.2) is 11.5 Å². The summed E-state index contributed by atoms with van der Waals surface area (Å²) >= 11 is 0. The zero-order valence-electron chi connectivity index (χ0n) is 20.8. The fourth-order valence-corrected chi connectivity index (χ4v) is 4.41. The van der Waals surface area contributed by atoms with E-state index in [1.165, 1.54) is 19.2 Å². The Morgan fingerprint density at radius 1 is 1.05 bits per heavy atom. The number of rotatable bonds is 8. The van der Waals surface area contributed by atoms with Crippen LogP contribution in [-0.2, 0) is 6.61 Å². The van der Waals surface area contributed by atoms with Gasteiger partial charge in [-0.2, -0.15) is 5.26 Å². The number of nitrogens with one attached hydrogen (secondary N) is 1. The minimum atomic E-state index is -0.566. The molecule has 5 rings (SSSR count). The number of fused-ring (bicyclic) bond motifs is 1. The second-order valence-corrected chi connectivity index (χ2v) is 8.53. The van der Waals surface area contributed by atoms with E-state index in [4.69, 9.17) is 24.7 Å². The molecular weight excluding hydrogens is 487 g/mol. The number of hydrogen-bond acceptors (Lipinski definition) is 7. The van der Waals surface area contributed by atoms with Crippen LogP contribution in [0.25, 0.3) is 11.3 Å². The van der Waals surface area contributed by atoms with Gasteiger partial charge in [-0.15, -0.1) is 5.10 Å². The predicted molar refractivity (Wildman–Crippen MR) is 138 cm³/mol. The normalized spacial score (nSPS) is 14.3. The molecule has 0 radical (unpaired) electrons. The highest BCUT2D eigenvalue weighted by atomic mass is 19.1. The van der Waals surface area contributed by atoms with Gasteiger partial charge in [-0.05, 0) is 66.6 Å². The molecule has 9 heteroatoms. The molecule has 0 fully saturated rings. The van der Waals surface area contributed by atoms with E-state index in [1.54, 1.807) is 24.3 Å². The lowest BCUT2D eigenvalue weighted by atomic mass is 9.83. The molecule has 192 valence electrons. The largest absolute Gasteiger partial charge is 0.494 e. The minimum absolute atomic E-state index is 0.00894. The fourth-order valence-electron chi connectivity index (χ4n) is 4.41. The van der Waals surface area contributed by atoms with Crippen molar-refractivity contribution in [3.8, 4) is 40.5 Å². The van der Waals surface area contributed by atoms with Crippen LogP contribution in [0.2, 0.25) is 0 Å². The zero-order chi connectivity index (χ0) is 26.6. The molecule has 4 aromatic rings. The molecule has 0 spiro atoms. The number of ether oxygens (including phenoxy) is 4. The van der Waals surface area contributed by atoms with E-state index in [9.17, 15) is 9.65 Å². The number of nitrogens with two attached hydrogens (primary N) is 1. The number of nitrogens with zero attached hydrogens (tertiary/aromatic N) is 2. The summed E-state index contributed by atoms with van der Waals surface area (Å²) in [4.78, 5) is 0. The molecule has 1 aromatic heterocycles. The van der Waals surface area contributed by atoms with Crippen LogP contribution in [0.1, 0.15) is 29.5 Å². The maximum atomic E-state index is 13.2. The smallest absolute Gasteiger partial charge is 0.244 e. The van der Waals surface area contributed by atoms with Gasteiger partial charge in [0.1, 0.15) is 29.8 Å². The van der Waals surface area contributed by atoms with Gasteiger partial charge in [0.25, 0.3) is 0 Å². The summed E-state index contributed by atoms with van der Waals surface area (Å²) in [5.74, 6) is 1.14. The predicted octanol–water partition coefficient (Wildman–Crippen LogP) is 5.42. The summed E-state index contributed by atoms with van der Waals surface area (Å²) in [7, 11) is 1.54. The number of aromatic nitrogens is 2. The SMILES string of the molecule is CCOc1ccc(-c2[nH]nc3c2[C@H](c2ccc(OCc4ccc(F)cc4)c(OC)c2)C(C#N)=C(N)O3)cc1. The number of nitriles is 1. The van der Waals surface area contributed by atoms with E-state index in [1.807, 2.05) is 37.3 Å². The molecule has 1 atom stereocenters. The zero-order valence-corrected chi connectivity index (χ0v) is 20.8. The lowest BCUT2D eigenvalue weighted by molar-refractivity contribution is 0.284. The maximum absolute atomic E-state index is 13.2.